The van der Waals surface area contributed by atoms with Crippen LogP contribution in [0.5, 0.6) is 0 Å². The van der Waals surface area contributed by atoms with E-state index in [1.54, 1.807) is 0 Å². The topological polar surface area (TPSA) is 41.6 Å². The summed E-state index contributed by atoms with van der Waals surface area (Å²) >= 11 is 0. The monoisotopic (exact) mass is 300 g/mol. The van der Waals surface area contributed by atoms with Crippen molar-refractivity contribution in [1.82, 2.24) is 5.32 Å². The van der Waals surface area contributed by atoms with Crippen LogP contribution in [0.15, 0.2) is 12.1 Å². The average molecular weight is 300 g/mol. The number of hydrogen-bond acceptors (Lipinski definition) is 3. The minimum atomic E-state index is -0.948. The summed E-state index contributed by atoms with van der Waals surface area (Å²) in [6.07, 6.45) is 1.95. The highest BCUT2D eigenvalue weighted by Gasteiger charge is 2.59. The second-order valence-corrected chi connectivity index (χ2v) is 7.45. The predicted molar refractivity (Wildman–Crippen MR) is 86.0 cm³/mol. The molecule has 3 aliphatic rings. The fourth-order valence-electron chi connectivity index (χ4n) is 4.51. The first-order chi connectivity index (χ1) is 10.4. The number of fused-ring (bicyclic) bond motifs is 1. The van der Waals surface area contributed by atoms with Crippen molar-refractivity contribution >= 4 is 11.6 Å². The van der Waals surface area contributed by atoms with Crippen LogP contribution in [0.2, 0.25) is 0 Å². The molecule has 0 saturated carbocycles. The average Bonchev–Trinajstić information content (AvgIpc) is 3.04. The van der Waals surface area contributed by atoms with Crippen LogP contribution in [0.4, 0.5) is 5.69 Å². The van der Waals surface area contributed by atoms with Crippen molar-refractivity contribution in [3.63, 3.8) is 0 Å². The minimum absolute atomic E-state index is 0.0615. The Bertz CT molecular complexity index is 659. The van der Waals surface area contributed by atoms with Gasteiger partial charge in [-0.2, -0.15) is 0 Å². The van der Waals surface area contributed by atoms with E-state index in [9.17, 15) is 4.79 Å². The minimum Gasteiger partial charge on any atom is -0.346 e. The number of carbonyl (C=O) groups excluding carboxylic acids is 1. The van der Waals surface area contributed by atoms with Gasteiger partial charge >= 0.3 is 0 Å². The third-order valence-electron chi connectivity index (χ3n) is 5.45. The Balaban J connectivity index is 2.03. The van der Waals surface area contributed by atoms with Crippen LogP contribution in [0, 0.1) is 0 Å². The van der Waals surface area contributed by atoms with E-state index in [2.05, 4.69) is 45.1 Å². The van der Waals surface area contributed by atoms with E-state index in [0.29, 0.717) is 12.5 Å². The molecule has 118 valence electrons. The predicted octanol–water partition coefficient (Wildman–Crippen LogP) is 2.65. The second-order valence-electron chi connectivity index (χ2n) is 7.45. The van der Waals surface area contributed by atoms with Gasteiger partial charge < -0.3 is 9.64 Å². The molecule has 1 saturated heterocycles. The molecule has 4 nitrogen and oxygen atoms in total. The third-order valence-corrected chi connectivity index (χ3v) is 5.45. The summed E-state index contributed by atoms with van der Waals surface area (Å²) in [6.45, 7) is 10.1. The molecule has 0 aliphatic carbocycles. The highest BCUT2D eigenvalue weighted by molar-refractivity contribution is 6.09. The van der Waals surface area contributed by atoms with Crippen LogP contribution in [-0.2, 0) is 21.7 Å². The van der Waals surface area contributed by atoms with Crippen molar-refractivity contribution < 1.29 is 9.53 Å². The van der Waals surface area contributed by atoms with Gasteiger partial charge in [-0.15, -0.1) is 0 Å². The van der Waals surface area contributed by atoms with Crippen molar-refractivity contribution in [2.75, 3.05) is 18.1 Å². The molecule has 4 heteroatoms. The van der Waals surface area contributed by atoms with Crippen LogP contribution in [-0.4, -0.2) is 24.6 Å². The fraction of sp³-hybridized carbons (Fsp3) is 0.611. The zero-order valence-electron chi connectivity index (χ0n) is 13.8. The summed E-state index contributed by atoms with van der Waals surface area (Å²) in [5.74, 6) is 0.516. The van der Waals surface area contributed by atoms with Crippen molar-refractivity contribution in [3.8, 4) is 0 Å². The number of amides is 1. The molecule has 1 aromatic carbocycles. The van der Waals surface area contributed by atoms with E-state index in [1.807, 2.05) is 4.90 Å². The quantitative estimate of drug-likeness (QED) is 0.867. The Kier molecular flexibility index (Phi) is 2.80. The van der Waals surface area contributed by atoms with Crippen LogP contribution >= 0.6 is 0 Å². The van der Waals surface area contributed by atoms with Gasteiger partial charge in [-0.25, -0.2) is 0 Å². The van der Waals surface area contributed by atoms with Gasteiger partial charge in [0.25, 0.3) is 5.91 Å². The van der Waals surface area contributed by atoms with Crippen molar-refractivity contribution in [3.05, 3.63) is 28.8 Å². The van der Waals surface area contributed by atoms with Gasteiger partial charge in [0, 0.05) is 17.6 Å². The van der Waals surface area contributed by atoms with E-state index in [0.717, 1.165) is 30.6 Å². The number of carbonyl (C=O) groups is 1. The molecule has 3 heterocycles. The Hall–Kier alpha value is -1.39. The number of aryl methyl sites for hydroxylation is 1. The smallest absolute Gasteiger partial charge is 0.280 e. The lowest BCUT2D eigenvalue weighted by Gasteiger charge is -2.44. The molecule has 4 rings (SSSR count). The fourth-order valence-corrected chi connectivity index (χ4v) is 4.51. The molecule has 2 atom stereocenters. The SMILES string of the molecule is CCc1cc2c3c(c1)[C@]1(NCCO1)C(=O)N3C(C)(C)C[C@@H]2C. The zero-order valence-corrected chi connectivity index (χ0v) is 13.8. The molecule has 1 spiro atoms. The first kappa shape index (κ1) is 14.2. The van der Waals surface area contributed by atoms with E-state index in [4.69, 9.17) is 4.74 Å². The molecule has 3 aliphatic heterocycles. The Labute approximate surface area is 131 Å². The van der Waals surface area contributed by atoms with Crippen molar-refractivity contribution in [2.24, 2.45) is 0 Å². The number of benzene rings is 1. The van der Waals surface area contributed by atoms with Gasteiger partial charge in [0.15, 0.2) is 0 Å². The number of ether oxygens (including phenoxy) is 1. The van der Waals surface area contributed by atoms with Gasteiger partial charge in [-0.3, -0.25) is 10.1 Å². The summed E-state index contributed by atoms with van der Waals surface area (Å²) in [5.41, 5.74) is 3.59. The molecule has 0 unspecified atom stereocenters. The highest BCUT2D eigenvalue weighted by Crippen LogP contribution is 2.54. The Morgan fingerprint density at radius 3 is 2.82 bits per heavy atom. The maximum Gasteiger partial charge on any atom is 0.280 e. The van der Waals surface area contributed by atoms with Gasteiger partial charge in [-0.1, -0.05) is 19.9 Å². The van der Waals surface area contributed by atoms with Crippen LogP contribution in [0.3, 0.4) is 0 Å². The summed E-state index contributed by atoms with van der Waals surface area (Å²) in [4.78, 5) is 15.3. The van der Waals surface area contributed by atoms with Gasteiger partial charge in [0.2, 0.25) is 5.72 Å². The first-order valence-electron chi connectivity index (χ1n) is 8.31. The normalized spacial score (nSPS) is 31.9. The number of anilines is 1. The van der Waals surface area contributed by atoms with E-state index in [1.165, 1.54) is 11.1 Å². The molecule has 0 bridgehead atoms. The summed E-state index contributed by atoms with van der Waals surface area (Å²) in [5, 5.41) is 3.35. The third kappa shape index (κ3) is 1.57. The van der Waals surface area contributed by atoms with Crippen LogP contribution < -0.4 is 10.2 Å². The largest absolute Gasteiger partial charge is 0.346 e. The number of rotatable bonds is 1. The van der Waals surface area contributed by atoms with E-state index < -0.39 is 5.72 Å². The molecule has 1 amide bonds. The van der Waals surface area contributed by atoms with Crippen molar-refractivity contribution in [1.29, 1.82) is 0 Å². The molecule has 1 fully saturated rings. The van der Waals surface area contributed by atoms with Crippen molar-refractivity contribution in [2.45, 2.75) is 57.7 Å². The Morgan fingerprint density at radius 2 is 2.18 bits per heavy atom. The maximum absolute atomic E-state index is 13.3. The lowest BCUT2D eigenvalue weighted by molar-refractivity contribution is -0.141. The summed E-state index contributed by atoms with van der Waals surface area (Å²) in [7, 11) is 0. The molecular formula is C18H24N2O2. The number of nitrogens with one attached hydrogen (secondary N) is 1. The van der Waals surface area contributed by atoms with Crippen LogP contribution in [0.25, 0.3) is 0 Å². The second kappa shape index (κ2) is 4.33. The molecule has 0 aromatic heterocycles. The molecule has 22 heavy (non-hydrogen) atoms. The van der Waals surface area contributed by atoms with Gasteiger partial charge in [0.05, 0.1) is 12.3 Å². The number of hydrogen-bond donors (Lipinski definition) is 1. The first-order valence-corrected chi connectivity index (χ1v) is 8.31. The zero-order chi connectivity index (χ0) is 15.7. The standard InChI is InChI=1S/C18H24N2O2/c1-5-12-8-13-11(2)10-17(3,4)20-15(13)14(9-12)18(16(20)21)19-6-7-22-18/h8-9,11,19H,5-7,10H2,1-4H3/t11-,18+/m0/s1. The highest BCUT2D eigenvalue weighted by atomic mass is 16.5. The summed E-state index contributed by atoms with van der Waals surface area (Å²) in [6, 6.07) is 4.45. The van der Waals surface area contributed by atoms with Crippen LogP contribution in [0.1, 0.15) is 56.7 Å². The molecule has 1 N–H and O–H groups in total. The van der Waals surface area contributed by atoms with Gasteiger partial charge in [0.1, 0.15) is 0 Å². The molecule has 0 radical (unpaired) electrons. The Morgan fingerprint density at radius 1 is 1.41 bits per heavy atom. The van der Waals surface area contributed by atoms with E-state index in [-0.39, 0.29) is 11.4 Å². The summed E-state index contributed by atoms with van der Waals surface area (Å²) < 4.78 is 5.98. The lowest BCUT2D eigenvalue weighted by Crippen LogP contribution is -2.55. The lowest BCUT2D eigenvalue weighted by atomic mass is 9.79. The van der Waals surface area contributed by atoms with E-state index >= 15 is 0 Å². The molecule has 1 aromatic rings. The maximum atomic E-state index is 13.3. The molecular weight excluding hydrogens is 276 g/mol. The van der Waals surface area contributed by atoms with Gasteiger partial charge in [-0.05, 0) is 49.8 Å². The number of nitrogens with zero attached hydrogens (tertiary/aromatic N) is 1.